The minimum absolute atomic E-state index is 0.0606. The third-order valence-electron chi connectivity index (χ3n) is 4.73. The van der Waals surface area contributed by atoms with Crippen LogP contribution in [0.5, 0.6) is 0 Å². The highest BCUT2D eigenvalue weighted by Crippen LogP contribution is 2.36. The molecule has 1 aliphatic rings. The molecule has 1 fully saturated rings. The Morgan fingerprint density at radius 1 is 1.00 bits per heavy atom. The van der Waals surface area contributed by atoms with Gasteiger partial charge in [-0.05, 0) is 59.1 Å². The summed E-state index contributed by atoms with van der Waals surface area (Å²) in [6.07, 6.45) is 0. The number of benzene rings is 1. The molecule has 1 saturated heterocycles. The average Bonchev–Trinajstić information content (AvgIpc) is 2.69. The molecule has 0 atom stereocenters. The van der Waals surface area contributed by atoms with Crippen molar-refractivity contribution < 1.29 is 14.1 Å². The molecule has 1 heterocycles. The Labute approximate surface area is 133 Å². The number of hydrogen-bond acceptors (Lipinski definition) is 3. The van der Waals surface area contributed by atoms with Gasteiger partial charge < -0.3 is 14.2 Å². The van der Waals surface area contributed by atoms with Gasteiger partial charge in [0.1, 0.15) is 0 Å². The van der Waals surface area contributed by atoms with Gasteiger partial charge in [-0.1, -0.05) is 12.1 Å². The molecule has 0 aliphatic carbocycles. The van der Waals surface area contributed by atoms with E-state index in [-0.39, 0.29) is 24.2 Å². The number of hydrogen-bond donors (Lipinski definition) is 0. The van der Waals surface area contributed by atoms with Crippen molar-refractivity contribution in [2.75, 3.05) is 13.1 Å². The first kappa shape index (κ1) is 17.0. The van der Waals surface area contributed by atoms with E-state index in [1.165, 1.54) is 0 Å². The lowest BCUT2D eigenvalue weighted by molar-refractivity contribution is 0.00578. The van der Waals surface area contributed by atoms with E-state index in [9.17, 15) is 4.79 Å². The van der Waals surface area contributed by atoms with Gasteiger partial charge in [0.05, 0.1) is 11.2 Å². The van der Waals surface area contributed by atoms with Crippen LogP contribution in [0.2, 0.25) is 0 Å². The van der Waals surface area contributed by atoms with Gasteiger partial charge in [-0.3, -0.25) is 4.79 Å². The average molecular weight is 303 g/mol. The normalized spacial score (nSPS) is 19.3. The molecule has 1 aromatic rings. The topological polar surface area (TPSA) is 38.8 Å². The Hall–Kier alpha value is -1.33. The second-order valence-electron chi connectivity index (χ2n) is 6.69. The van der Waals surface area contributed by atoms with E-state index in [0.717, 1.165) is 5.46 Å². The molecule has 120 valence electrons. The zero-order chi connectivity index (χ0) is 16.5. The van der Waals surface area contributed by atoms with E-state index >= 15 is 0 Å². The third-order valence-corrected chi connectivity index (χ3v) is 4.73. The van der Waals surface area contributed by atoms with Crippen molar-refractivity contribution in [3.8, 4) is 0 Å². The monoisotopic (exact) mass is 303 g/mol. The number of carbonyl (C=O) groups is 1. The molecule has 5 heteroatoms. The van der Waals surface area contributed by atoms with Crippen LogP contribution in [0.1, 0.15) is 51.9 Å². The fourth-order valence-corrected chi connectivity index (χ4v) is 2.46. The SMILES string of the molecule is CCN(CC)C(=O)c1ccc(B2OC(C)(C)C(C)(C)O2)cc1. The fourth-order valence-electron chi connectivity index (χ4n) is 2.46. The molecule has 0 radical (unpaired) electrons. The summed E-state index contributed by atoms with van der Waals surface area (Å²) >= 11 is 0. The van der Waals surface area contributed by atoms with Crippen LogP contribution in [-0.4, -0.2) is 42.2 Å². The van der Waals surface area contributed by atoms with Crippen molar-refractivity contribution >= 4 is 18.5 Å². The third kappa shape index (κ3) is 3.06. The molecule has 0 saturated carbocycles. The maximum Gasteiger partial charge on any atom is 0.494 e. The molecular weight excluding hydrogens is 277 g/mol. The smallest absolute Gasteiger partial charge is 0.399 e. The van der Waals surface area contributed by atoms with Crippen LogP contribution < -0.4 is 5.46 Å². The molecule has 22 heavy (non-hydrogen) atoms. The van der Waals surface area contributed by atoms with Crippen LogP contribution in [0.25, 0.3) is 0 Å². The van der Waals surface area contributed by atoms with Gasteiger partial charge in [-0.15, -0.1) is 0 Å². The van der Waals surface area contributed by atoms with E-state index < -0.39 is 0 Å². The largest absolute Gasteiger partial charge is 0.494 e. The van der Waals surface area contributed by atoms with Crippen molar-refractivity contribution in [1.82, 2.24) is 4.90 Å². The molecule has 0 aromatic heterocycles. The van der Waals surface area contributed by atoms with E-state index in [1.54, 1.807) is 0 Å². The van der Waals surface area contributed by atoms with Crippen LogP contribution in [0, 0.1) is 0 Å². The van der Waals surface area contributed by atoms with Crippen LogP contribution >= 0.6 is 0 Å². The summed E-state index contributed by atoms with van der Waals surface area (Å²) in [5.41, 5.74) is 0.930. The highest BCUT2D eigenvalue weighted by atomic mass is 16.7. The lowest BCUT2D eigenvalue weighted by atomic mass is 9.79. The molecule has 0 unspecified atom stereocenters. The van der Waals surface area contributed by atoms with E-state index in [4.69, 9.17) is 9.31 Å². The summed E-state index contributed by atoms with van der Waals surface area (Å²) in [6.45, 7) is 13.5. The van der Waals surface area contributed by atoms with Gasteiger partial charge >= 0.3 is 7.12 Å². The van der Waals surface area contributed by atoms with Crippen molar-refractivity contribution in [3.05, 3.63) is 29.8 Å². The van der Waals surface area contributed by atoms with Crippen molar-refractivity contribution in [3.63, 3.8) is 0 Å². The molecule has 4 nitrogen and oxygen atoms in total. The summed E-state index contributed by atoms with van der Waals surface area (Å²) in [7, 11) is -0.386. The second kappa shape index (κ2) is 6.05. The Kier molecular flexibility index (Phi) is 4.69. The summed E-state index contributed by atoms with van der Waals surface area (Å²) in [5, 5.41) is 0. The fraction of sp³-hybridized carbons (Fsp3) is 0.588. The van der Waals surface area contributed by atoms with Crippen LogP contribution in [0.15, 0.2) is 24.3 Å². The Bertz CT molecular complexity index is 519. The molecule has 1 amide bonds. The summed E-state index contributed by atoms with van der Waals surface area (Å²) in [4.78, 5) is 14.1. The van der Waals surface area contributed by atoms with Gasteiger partial charge in [0.25, 0.3) is 5.91 Å². The predicted octanol–water partition coefficient (Wildman–Crippen LogP) is 2.47. The van der Waals surface area contributed by atoms with Gasteiger partial charge in [0.2, 0.25) is 0 Å². The molecule has 0 N–H and O–H groups in total. The molecule has 1 aliphatic heterocycles. The van der Waals surface area contributed by atoms with Crippen LogP contribution in [0.3, 0.4) is 0 Å². The highest BCUT2D eigenvalue weighted by Gasteiger charge is 2.51. The summed E-state index contributed by atoms with van der Waals surface area (Å²) in [5.74, 6) is 0.0606. The quantitative estimate of drug-likeness (QED) is 0.802. The molecule has 2 rings (SSSR count). The first-order valence-electron chi connectivity index (χ1n) is 7.96. The highest BCUT2D eigenvalue weighted by molar-refractivity contribution is 6.62. The maximum atomic E-state index is 12.3. The number of carbonyl (C=O) groups excluding carboxylic acids is 1. The second-order valence-corrected chi connectivity index (χ2v) is 6.69. The first-order chi connectivity index (χ1) is 10.2. The molecule has 0 bridgehead atoms. The molecular formula is C17H26BNO3. The van der Waals surface area contributed by atoms with Gasteiger partial charge in [0, 0.05) is 18.7 Å². The minimum atomic E-state index is -0.386. The Balaban J connectivity index is 2.15. The number of nitrogens with zero attached hydrogens (tertiary/aromatic N) is 1. The number of amides is 1. The lowest BCUT2D eigenvalue weighted by Gasteiger charge is -2.32. The van der Waals surface area contributed by atoms with Crippen LogP contribution in [0.4, 0.5) is 0 Å². The summed E-state index contributed by atoms with van der Waals surface area (Å²) in [6, 6.07) is 7.53. The van der Waals surface area contributed by atoms with E-state index in [2.05, 4.69) is 0 Å². The zero-order valence-corrected chi connectivity index (χ0v) is 14.5. The lowest BCUT2D eigenvalue weighted by Crippen LogP contribution is -2.41. The molecule has 0 spiro atoms. The Morgan fingerprint density at radius 2 is 1.45 bits per heavy atom. The minimum Gasteiger partial charge on any atom is -0.399 e. The van der Waals surface area contributed by atoms with Crippen molar-refractivity contribution in [1.29, 1.82) is 0 Å². The maximum absolute atomic E-state index is 12.3. The first-order valence-corrected chi connectivity index (χ1v) is 7.96. The predicted molar refractivity (Wildman–Crippen MR) is 89.4 cm³/mol. The standard InChI is InChI=1S/C17H26BNO3/c1-7-19(8-2)15(20)13-9-11-14(12-10-13)18-21-16(3,4)17(5,6)22-18/h9-12H,7-8H2,1-6H3. The zero-order valence-electron chi connectivity index (χ0n) is 14.5. The van der Waals surface area contributed by atoms with Crippen LogP contribution in [-0.2, 0) is 9.31 Å². The van der Waals surface area contributed by atoms with Gasteiger partial charge in [-0.2, -0.15) is 0 Å². The van der Waals surface area contributed by atoms with E-state index in [1.807, 2.05) is 70.7 Å². The van der Waals surface area contributed by atoms with Gasteiger partial charge in [-0.25, -0.2) is 0 Å². The molecule has 1 aromatic carbocycles. The summed E-state index contributed by atoms with van der Waals surface area (Å²) < 4.78 is 12.0. The van der Waals surface area contributed by atoms with Crippen molar-refractivity contribution in [2.24, 2.45) is 0 Å². The Morgan fingerprint density at radius 3 is 1.86 bits per heavy atom. The van der Waals surface area contributed by atoms with Crippen molar-refractivity contribution in [2.45, 2.75) is 52.7 Å². The van der Waals surface area contributed by atoms with Gasteiger partial charge in [0.15, 0.2) is 0 Å². The van der Waals surface area contributed by atoms with E-state index in [0.29, 0.717) is 18.7 Å². The number of rotatable bonds is 4.